The lowest BCUT2D eigenvalue weighted by atomic mass is 9.73. The largest absolute Gasteiger partial charge is 0.392 e. The first-order valence-corrected chi connectivity index (χ1v) is 8.87. The average Bonchev–Trinajstić information content (AvgIpc) is 2.50. The van der Waals surface area contributed by atoms with Crippen molar-refractivity contribution >= 4 is 29.9 Å². The van der Waals surface area contributed by atoms with Gasteiger partial charge in [-0.2, -0.15) is 0 Å². The van der Waals surface area contributed by atoms with Gasteiger partial charge in [0, 0.05) is 18.0 Å². The minimum atomic E-state index is -0.201. The molecule has 2 unspecified atom stereocenters. The number of guanidine groups is 1. The summed E-state index contributed by atoms with van der Waals surface area (Å²) in [6, 6.07) is 0.570. The molecule has 2 aliphatic rings. The average molecular weight is 423 g/mol. The predicted molar refractivity (Wildman–Crippen MR) is 104 cm³/mol. The van der Waals surface area contributed by atoms with E-state index in [2.05, 4.69) is 24.5 Å². The molecule has 4 nitrogen and oxygen atoms in total. The number of nitrogens with one attached hydrogen (secondary N) is 2. The summed E-state index contributed by atoms with van der Waals surface area (Å²) in [6.07, 6.45) is 10.7. The highest BCUT2D eigenvalue weighted by Gasteiger charge is 2.35. The Labute approximate surface area is 152 Å². The highest BCUT2D eigenvalue weighted by molar-refractivity contribution is 14.0. The molecule has 2 aliphatic carbocycles. The monoisotopic (exact) mass is 423 g/mol. The van der Waals surface area contributed by atoms with Crippen LogP contribution < -0.4 is 10.6 Å². The molecule has 0 aliphatic heterocycles. The maximum atomic E-state index is 10.3. The van der Waals surface area contributed by atoms with Gasteiger partial charge in [-0.15, -0.1) is 24.0 Å². The molecule has 0 aromatic heterocycles. The van der Waals surface area contributed by atoms with Gasteiger partial charge in [0.05, 0.1) is 12.6 Å². The Morgan fingerprint density at radius 3 is 2.45 bits per heavy atom. The van der Waals surface area contributed by atoms with E-state index < -0.39 is 0 Å². The Morgan fingerprint density at radius 2 is 1.82 bits per heavy atom. The van der Waals surface area contributed by atoms with Crippen LogP contribution in [-0.2, 0) is 0 Å². The lowest BCUT2D eigenvalue weighted by Crippen LogP contribution is -2.45. The highest BCUT2D eigenvalue weighted by atomic mass is 127. The Hall–Kier alpha value is -0.0400. The molecule has 3 N–H and O–H groups in total. The van der Waals surface area contributed by atoms with Gasteiger partial charge in [-0.1, -0.05) is 39.0 Å². The van der Waals surface area contributed by atoms with E-state index in [1.54, 1.807) is 0 Å². The quantitative estimate of drug-likeness (QED) is 0.369. The zero-order valence-electron chi connectivity index (χ0n) is 14.2. The standard InChI is InChI=1S/C17H33N3O.HI/c1-3-18-16(20-14-9-5-4-6-10-14)19-13-17(2)12-8-7-11-15(17)21;/h14-15,21H,3-13H2,1-2H3,(H2,18,19,20);1H. The molecule has 2 rings (SSSR count). The minimum Gasteiger partial charge on any atom is -0.392 e. The van der Waals surface area contributed by atoms with E-state index in [-0.39, 0.29) is 35.5 Å². The Bertz CT molecular complexity index is 345. The van der Waals surface area contributed by atoms with Crippen LogP contribution >= 0.6 is 24.0 Å². The third kappa shape index (κ3) is 5.87. The smallest absolute Gasteiger partial charge is 0.191 e. The van der Waals surface area contributed by atoms with Crippen LogP contribution in [0.2, 0.25) is 0 Å². The lowest BCUT2D eigenvalue weighted by Gasteiger charge is -2.37. The summed E-state index contributed by atoms with van der Waals surface area (Å²) in [6.45, 7) is 5.90. The van der Waals surface area contributed by atoms with Gasteiger partial charge in [-0.3, -0.25) is 4.99 Å². The van der Waals surface area contributed by atoms with Crippen molar-refractivity contribution in [2.75, 3.05) is 13.1 Å². The van der Waals surface area contributed by atoms with Gasteiger partial charge in [-0.05, 0) is 32.6 Å². The van der Waals surface area contributed by atoms with Crippen molar-refractivity contribution in [3.05, 3.63) is 0 Å². The number of halogens is 1. The number of rotatable bonds is 4. The minimum absolute atomic E-state index is 0. The van der Waals surface area contributed by atoms with Crippen LogP contribution in [0, 0.1) is 5.41 Å². The zero-order chi connectivity index (χ0) is 15.1. The maximum absolute atomic E-state index is 10.3. The molecule has 2 saturated carbocycles. The number of aliphatic imine (C=N–C) groups is 1. The first-order valence-electron chi connectivity index (χ1n) is 8.87. The fraction of sp³-hybridized carbons (Fsp3) is 0.941. The number of hydrogen-bond acceptors (Lipinski definition) is 2. The molecule has 0 aromatic carbocycles. The third-order valence-electron chi connectivity index (χ3n) is 5.17. The molecule has 2 fully saturated rings. The number of hydrogen-bond donors (Lipinski definition) is 3. The van der Waals surface area contributed by atoms with Gasteiger partial charge >= 0.3 is 0 Å². The molecule has 0 radical (unpaired) electrons. The van der Waals surface area contributed by atoms with Crippen LogP contribution in [0.4, 0.5) is 0 Å². The topological polar surface area (TPSA) is 56.7 Å². The second kappa shape index (κ2) is 9.96. The van der Waals surface area contributed by atoms with Crippen molar-refractivity contribution in [2.45, 2.75) is 83.8 Å². The van der Waals surface area contributed by atoms with E-state index in [0.29, 0.717) is 6.04 Å². The first-order chi connectivity index (χ1) is 10.1. The van der Waals surface area contributed by atoms with Gasteiger partial charge in [0.1, 0.15) is 0 Å². The van der Waals surface area contributed by atoms with Gasteiger partial charge in [0.25, 0.3) is 0 Å². The highest BCUT2D eigenvalue weighted by Crippen LogP contribution is 2.36. The fourth-order valence-electron chi connectivity index (χ4n) is 3.59. The van der Waals surface area contributed by atoms with Gasteiger partial charge in [0.2, 0.25) is 0 Å². The van der Waals surface area contributed by atoms with Crippen LogP contribution in [-0.4, -0.2) is 36.3 Å². The molecule has 22 heavy (non-hydrogen) atoms. The number of nitrogens with zero attached hydrogens (tertiary/aromatic N) is 1. The fourth-order valence-corrected chi connectivity index (χ4v) is 3.59. The Morgan fingerprint density at radius 1 is 1.14 bits per heavy atom. The summed E-state index contributed by atoms with van der Waals surface area (Å²) in [5.74, 6) is 0.934. The molecule has 0 amide bonds. The number of aliphatic hydroxyl groups excluding tert-OH is 1. The Balaban J connectivity index is 0.00000242. The van der Waals surface area contributed by atoms with Crippen molar-refractivity contribution in [3.63, 3.8) is 0 Å². The summed E-state index contributed by atoms with van der Waals surface area (Å²) in [7, 11) is 0. The van der Waals surface area contributed by atoms with E-state index in [0.717, 1.165) is 38.3 Å². The summed E-state index contributed by atoms with van der Waals surface area (Å²) in [4.78, 5) is 4.79. The van der Waals surface area contributed by atoms with E-state index in [1.807, 2.05) is 0 Å². The molecule has 0 aromatic rings. The molecule has 0 spiro atoms. The van der Waals surface area contributed by atoms with E-state index in [1.165, 1.54) is 38.5 Å². The molecule has 130 valence electrons. The molecule has 0 bridgehead atoms. The molecular weight excluding hydrogens is 389 g/mol. The van der Waals surface area contributed by atoms with Crippen LogP contribution in [0.5, 0.6) is 0 Å². The second-order valence-electron chi connectivity index (χ2n) is 7.09. The van der Waals surface area contributed by atoms with Gasteiger partial charge < -0.3 is 15.7 Å². The van der Waals surface area contributed by atoms with Crippen LogP contribution in [0.1, 0.15) is 71.6 Å². The lowest BCUT2D eigenvalue weighted by molar-refractivity contribution is 0.00715. The first kappa shape index (κ1) is 20.0. The van der Waals surface area contributed by atoms with Crippen molar-refractivity contribution in [2.24, 2.45) is 10.4 Å². The van der Waals surface area contributed by atoms with Crippen molar-refractivity contribution in [1.29, 1.82) is 0 Å². The zero-order valence-corrected chi connectivity index (χ0v) is 16.6. The number of aliphatic hydroxyl groups is 1. The molecule has 5 heteroatoms. The van der Waals surface area contributed by atoms with Crippen LogP contribution in [0.3, 0.4) is 0 Å². The maximum Gasteiger partial charge on any atom is 0.191 e. The van der Waals surface area contributed by atoms with Crippen LogP contribution in [0.15, 0.2) is 4.99 Å². The Kier molecular flexibility index (Phi) is 9.05. The summed E-state index contributed by atoms with van der Waals surface area (Å²) < 4.78 is 0. The summed E-state index contributed by atoms with van der Waals surface area (Å²) in [5, 5.41) is 17.2. The summed E-state index contributed by atoms with van der Waals surface area (Å²) in [5.41, 5.74) is -0.0484. The third-order valence-corrected chi connectivity index (χ3v) is 5.17. The van der Waals surface area contributed by atoms with Crippen LogP contribution in [0.25, 0.3) is 0 Å². The van der Waals surface area contributed by atoms with Crippen molar-refractivity contribution in [1.82, 2.24) is 10.6 Å². The van der Waals surface area contributed by atoms with Crippen molar-refractivity contribution in [3.8, 4) is 0 Å². The van der Waals surface area contributed by atoms with E-state index in [4.69, 9.17) is 4.99 Å². The SMILES string of the molecule is CCNC(=NCC1(C)CCCCC1O)NC1CCCCC1.I. The van der Waals surface area contributed by atoms with E-state index >= 15 is 0 Å². The molecule has 0 heterocycles. The second-order valence-corrected chi connectivity index (χ2v) is 7.09. The molecular formula is C17H34IN3O. The normalized spacial score (nSPS) is 30.5. The van der Waals surface area contributed by atoms with Gasteiger partial charge in [-0.25, -0.2) is 0 Å². The van der Waals surface area contributed by atoms with Crippen molar-refractivity contribution < 1.29 is 5.11 Å². The molecule has 2 atom stereocenters. The predicted octanol–water partition coefficient (Wildman–Crippen LogP) is 3.43. The summed E-state index contributed by atoms with van der Waals surface area (Å²) >= 11 is 0. The van der Waals surface area contributed by atoms with Gasteiger partial charge in [0.15, 0.2) is 5.96 Å². The van der Waals surface area contributed by atoms with E-state index in [9.17, 15) is 5.11 Å². The molecule has 0 saturated heterocycles.